The Hall–Kier alpha value is -2.63. The molecule has 1 heterocycles. The fraction of sp³-hybridized carbons (Fsp3) is 0.389. The maximum absolute atomic E-state index is 12.0. The summed E-state index contributed by atoms with van der Waals surface area (Å²) in [6.45, 7) is 3.43. The number of imidazole rings is 1. The Labute approximate surface area is 141 Å². The lowest BCUT2D eigenvalue weighted by Crippen LogP contribution is -2.34. The predicted molar refractivity (Wildman–Crippen MR) is 91.3 cm³/mol. The molecule has 0 unspecified atom stereocenters. The molecule has 0 spiro atoms. The molecule has 0 aliphatic heterocycles. The van der Waals surface area contributed by atoms with E-state index in [1.165, 1.54) is 0 Å². The normalized spacial score (nSPS) is 14.9. The summed E-state index contributed by atoms with van der Waals surface area (Å²) < 4.78 is 2.03. The zero-order valence-corrected chi connectivity index (χ0v) is 13.8. The Kier molecular flexibility index (Phi) is 4.64. The standard InChI is InChI=1S/C18H22N4O2/c1-14-2-4-15(5-3-14)21-17(24)10-16(23)20-11-18(6-7-18)12-22-9-8-19-13-22/h2-5,8-9,13H,6-7,10-12H2,1H3,(H,20,23)(H,21,24). The molecule has 0 atom stereocenters. The smallest absolute Gasteiger partial charge is 0.233 e. The fourth-order valence-electron chi connectivity index (χ4n) is 2.67. The molecule has 1 fully saturated rings. The third-order valence-electron chi connectivity index (χ3n) is 4.35. The summed E-state index contributed by atoms with van der Waals surface area (Å²) in [5.41, 5.74) is 1.94. The van der Waals surface area contributed by atoms with Crippen LogP contribution in [0.25, 0.3) is 0 Å². The van der Waals surface area contributed by atoms with Crippen molar-refractivity contribution in [2.75, 3.05) is 11.9 Å². The van der Waals surface area contributed by atoms with Crippen LogP contribution in [0.2, 0.25) is 0 Å². The molecule has 1 aliphatic rings. The second-order valence-electron chi connectivity index (χ2n) is 6.60. The molecule has 24 heavy (non-hydrogen) atoms. The number of nitrogens with one attached hydrogen (secondary N) is 2. The second kappa shape index (κ2) is 6.86. The summed E-state index contributed by atoms with van der Waals surface area (Å²) in [7, 11) is 0. The van der Waals surface area contributed by atoms with Crippen LogP contribution in [0.15, 0.2) is 43.0 Å². The highest BCUT2D eigenvalue weighted by Crippen LogP contribution is 2.46. The highest BCUT2D eigenvalue weighted by Gasteiger charge is 2.42. The number of anilines is 1. The first-order chi connectivity index (χ1) is 11.5. The van der Waals surface area contributed by atoms with Crippen LogP contribution in [0.3, 0.4) is 0 Å². The van der Waals surface area contributed by atoms with Crippen molar-refractivity contribution in [1.82, 2.24) is 14.9 Å². The van der Waals surface area contributed by atoms with Crippen molar-refractivity contribution in [2.24, 2.45) is 5.41 Å². The third kappa shape index (κ3) is 4.44. The van der Waals surface area contributed by atoms with Crippen molar-refractivity contribution >= 4 is 17.5 Å². The lowest BCUT2D eigenvalue weighted by molar-refractivity contribution is -0.127. The average Bonchev–Trinajstić information content (AvgIpc) is 3.12. The molecule has 1 aromatic heterocycles. The quantitative estimate of drug-likeness (QED) is 0.765. The van der Waals surface area contributed by atoms with Crippen LogP contribution in [0.1, 0.15) is 24.8 Å². The molecule has 1 aromatic carbocycles. The van der Waals surface area contributed by atoms with Gasteiger partial charge in [0.1, 0.15) is 6.42 Å². The van der Waals surface area contributed by atoms with Gasteiger partial charge in [0.15, 0.2) is 0 Å². The molecule has 2 N–H and O–H groups in total. The number of aryl methyl sites for hydroxylation is 1. The number of carbonyl (C=O) groups excluding carboxylic acids is 2. The minimum Gasteiger partial charge on any atom is -0.355 e. The van der Waals surface area contributed by atoms with Gasteiger partial charge in [0.25, 0.3) is 0 Å². The molecule has 1 aliphatic carbocycles. The molecule has 126 valence electrons. The van der Waals surface area contributed by atoms with Crippen LogP contribution in [0, 0.1) is 12.3 Å². The van der Waals surface area contributed by atoms with E-state index in [1.54, 1.807) is 12.5 Å². The lowest BCUT2D eigenvalue weighted by atomic mass is 10.1. The van der Waals surface area contributed by atoms with Crippen molar-refractivity contribution in [1.29, 1.82) is 0 Å². The molecule has 2 amide bonds. The van der Waals surface area contributed by atoms with Gasteiger partial charge >= 0.3 is 0 Å². The molecule has 0 saturated heterocycles. The summed E-state index contributed by atoms with van der Waals surface area (Å²) in [5.74, 6) is -0.535. The van der Waals surface area contributed by atoms with Gasteiger partial charge in [-0.1, -0.05) is 17.7 Å². The number of aromatic nitrogens is 2. The van der Waals surface area contributed by atoms with E-state index in [-0.39, 0.29) is 23.7 Å². The number of hydrogen-bond acceptors (Lipinski definition) is 3. The molecule has 6 heteroatoms. The topological polar surface area (TPSA) is 76.0 Å². The molecule has 6 nitrogen and oxygen atoms in total. The number of carbonyl (C=O) groups is 2. The van der Waals surface area contributed by atoms with Gasteiger partial charge in [-0.05, 0) is 31.9 Å². The molecular weight excluding hydrogens is 304 g/mol. The first-order valence-electron chi connectivity index (χ1n) is 8.14. The monoisotopic (exact) mass is 326 g/mol. The Morgan fingerprint density at radius 1 is 1.21 bits per heavy atom. The SMILES string of the molecule is Cc1ccc(NC(=O)CC(=O)NCC2(Cn3ccnc3)CC2)cc1. The van der Waals surface area contributed by atoms with Crippen LogP contribution in [0.4, 0.5) is 5.69 Å². The second-order valence-corrected chi connectivity index (χ2v) is 6.60. The number of benzene rings is 1. The Bertz CT molecular complexity index is 703. The van der Waals surface area contributed by atoms with Gasteiger partial charge < -0.3 is 15.2 Å². The number of rotatable bonds is 7. The van der Waals surface area contributed by atoms with E-state index in [1.807, 2.05) is 42.0 Å². The lowest BCUT2D eigenvalue weighted by Gasteiger charge is -2.16. The maximum atomic E-state index is 12.0. The van der Waals surface area contributed by atoms with Crippen LogP contribution in [-0.2, 0) is 16.1 Å². The van der Waals surface area contributed by atoms with Gasteiger partial charge in [-0.3, -0.25) is 9.59 Å². The number of amides is 2. The average molecular weight is 326 g/mol. The van der Waals surface area contributed by atoms with Crippen molar-refractivity contribution in [3.8, 4) is 0 Å². The zero-order valence-electron chi connectivity index (χ0n) is 13.8. The summed E-state index contributed by atoms with van der Waals surface area (Å²) >= 11 is 0. The Morgan fingerprint density at radius 2 is 1.96 bits per heavy atom. The number of hydrogen-bond donors (Lipinski definition) is 2. The Morgan fingerprint density at radius 3 is 2.58 bits per heavy atom. The van der Waals surface area contributed by atoms with Crippen LogP contribution >= 0.6 is 0 Å². The van der Waals surface area contributed by atoms with Crippen molar-refractivity contribution in [3.63, 3.8) is 0 Å². The fourth-order valence-corrected chi connectivity index (χ4v) is 2.67. The van der Waals surface area contributed by atoms with Gasteiger partial charge in [-0.2, -0.15) is 0 Å². The largest absolute Gasteiger partial charge is 0.355 e. The van der Waals surface area contributed by atoms with Gasteiger partial charge in [0.05, 0.1) is 6.33 Å². The minimum absolute atomic E-state index is 0.115. The van der Waals surface area contributed by atoms with Crippen LogP contribution < -0.4 is 10.6 Å². The first kappa shape index (κ1) is 16.2. The van der Waals surface area contributed by atoms with Crippen molar-refractivity contribution in [3.05, 3.63) is 48.5 Å². The molecule has 0 bridgehead atoms. The van der Waals surface area contributed by atoms with E-state index in [0.29, 0.717) is 12.2 Å². The van der Waals surface area contributed by atoms with Gasteiger partial charge in [0.2, 0.25) is 11.8 Å². The summed E-state index contributed by atoms with van der Waals surface area (Å²) in [6, 6.07) is 7.50. The van der Waals surface area contributed by atoms with Crippen molar-refractivity contribution in [2.45, 2.75) is 32.7 Å². The molecule has 0 radical (unpaired) electrons. The van der Waals surface area contributed by atoms with E-state index in [0.717, 1.165) is 24.9 Å². The van der Waals surface area contributed by atoms with Gasteiger partial charge in [-0.25, -0.2) is 4.98 Å². The highest BCUT2D eigenvalue weighted by atomic mass is 16.2. The van der Waals surface area contributed by atoms with Crippen LogP contribution in [0.5, 0.6) is 0 Å². The van der Waals surface area contributed by atoms with Gasteiger partial charge in [0, 0.05) is 36.6 Å². The van der Waals surface area contributed by atoms with E-state index >= 15 is 0 Å². The third-order valence-corrected chi connectivity index (χ3v) is 4.35. The van der Waals surface area contributed by atoms with E-state index in [9.17, 15) is 9.59 Å². The summed E-state index contributed by atoms with van der Waals surface area (Å²) in [6.07, 6.45) is 7.48. The molecule has 1 saturated carbocycles. The highest BCUT2D eigenvalue weighted by molar-refractivity contribution is 6.03. The predicted octanol–water partition coefficient (Wildman–Crippen LogP) is 2.12. The Balaban J connectivity index is 1.42. The van der Waals surface area contributed by atoms with E-state index in [4.69, 9.17) is 0 Å². The minimum atomic E-state index is -0.296. The zero-order chi connectivity index (χ0) is 17.0. The molecular formula is C18H22N4O2. The summed E-state index contributed by atoms with van der Waals surface area (Å²) in [4.78, 5) is 27.9. The maximum Gasteiger partial charge on any atom is 0.233 e. The number of nitrogens with zero attached hydrogens (tertiary/aromatic N) is 2. The van der Waals surface area contributed by atoms with Crippen LogP contribution in [-0.4, -0.2) is 27.9 Å². The first-order valence-corrected chi connectivity index (χ1v) is 8.14. The van der Waals surface area contributed by atoms with Crippen molar-refractivity contribution < 1.29 is 9.59 Å². The summed E-state index contributed by atoms with van der Waals surface area (Å²) in [5, 5.41) is 5.63. The van der Waals surface area contributed by atoms with E-state index < -0.39 is 0 Å². The molecule has 3 rings (SSSR count). The molecule has 2 aromatic rings. The van der Waals surface area contributed by atoms with E-state index in [2.05, 4.69) is 15.6 Å². The van der Waals surface area contributed by atoms with Gasteiger partial charge in [-0.15, -0.1) is 0 Å².